The van der Waals surface area contributed by atoms with Crippen molar-refractivity contribution in [2.75, 3.05) is 67.9 Å². The molecule has 314 valence electrons. The Morgan fingerprint density at radius 1 is 0.746 bits per heavy atom. The van der Waals surface area contributed by atoms with Gasteiger partial charge in [-0.15, -0.1) is 0 Å². The number of rotatable bonds is 12. The Kier molecular flexibility index (Phi) is 12.5. The van der Waals surface area contributed by atoms with Crippen LogP contribution in [0.4, 0.5) is 35.4 Å². The summed E-state index contributed by atoms with van der Waals surface area (Å²) in [6.07, 6.45) is -1.89. The Labute approximate surface area is 340 Å². The zero-order valence-corrected chi connectivity index (χ0v) is 33.4. The normalized spacial score (nSPS) is 20.0. The minimum atomic E-state index is -0.599. The molecular weight excluding hydrogens is 768 g/mol. The van der Waals surface area contributed by atoms with Gasteiger partial charge in [0.05, 0.1) is 37.6 Å². The predicted molar refractivity (Wildman–Crippen MR) is 214 cm³/mol. The molecule has 0 saturated carbocycles. The molecule has 4 aliphatic rings. The molecule has 4 heterocycles. The Morgan fingerprint density at radius 3 is 1.64 bits per heavy atom. The Balaban J connectivity index is 0.000000219. The quantitative estimate of drug-likeness (QED) is 0.155. The lowest BCUT2D eigenvalue weighted by molar-refractivity contribution is -0.138. The number of anilines is 3. The number of ether oxygens (including phenoxy) is 2. The Hall–Kier alpha value is -6.10. The Bertz CT molecular complexity index is 2120. The molecule has 4 saturated heterocycles. The second kappa shape index (κ2) is 17.4. The summed E-state index contributed by atoms with van der Waals surface area (Å²) in [5.74, 6) is -1.48. The first kappa shape index (κ1) is 42.5. The number of halogens is 2. The first-order valence-corrected chi connectivity index (χ1v) is 19.4. The van der Waals surface area contributed by atoms with Crippen molar-refractivity contribution in [3.8, 4) is 0 Å². The van der Waals surface area contributed by atoms with Crippen molar-refractivity contribution >= 4 is 52.8 Å². The van der Waals surface area contributed by atoms with Crippen molar-refractivity contribution in [3.05, 3.63) is 89.0 Å². The van der Waals surface area contributed by atoms with Crippen LogP contribution in [0.15, 0.2) is 60.7 Å². The van der Waals surface area contributed by atoms with Gasteiger partial charge in [0.15, 0.2) is 5.78 Å². The minimum Gasteiger partial charge on any atom is -0.442 e. The van der Waals surface area contributed by atoms with Crippen LogP contribution in [0.2, 0.25) is 0 Å². The van der Waals surface area contributed by atoms with Crippen LogP contribution >= 0.6 is 0 Å². The maximum atomic E-state index is 15.1. The van der Waals surface area contributed by atoms with Crippen LogP contribution in [-0.2, 0) is 34.7 Å². The highest BCUT2D eigenvalue weighted by Crippen LogP contribution is 2.38. The largest absolute Gasteiger partial charge is 0.442 e. The van der Waals surface area contributed by atoms with Gasteiger partial charge in [-0.2, -0.15) is 0 Å². The van der Waals surface area contributed by atoms with E-state index >= 15 is 4.39 Å². The van der Waals surface area contributed by atoms with Crippen molar-refractivity contribution in [1.29, 1.82) is 0 Å². The summed E-state index contributed by atoms with van der Waals surface area (Å²) in [4.78, 5) is 75.4. The maximum absolute atomic E-state index is 15.1. The number of cyclic esters (lactones) is 2. The van der Waals surface area contributed by atoms with E-state index in [2.05, 4.69) is 16.0 Å². The molecule has 5 amide bonds. The third-order valence-electron chi connectivity index (χ3n) is 11.0. The van der Waals surface area contributed by atoms with E-state index in [1.807, 2.05) is 13.8 Å². The van der Waals surface area contributed by atoms with Crippen LogP contribution in [0.25, 0.3) is 0 Å². The summed E-state index contributed by atoms with van der Waals surface area (Å²) in [6.45, 7) is 9.75. The van der Waals surface area contributed by atoms with Gasteiger partial charge in [-0.1, -0.05) is 26.0 Å². The van der Waals surface area contributed by atoms with E-state index in [9.17, 15) is 33.2 Å². The van der Waals surface area contributed by atoms with Gasteiger partial charge in [0.2, 0.25) is 17.7 Å². The maximum Gasteiger partial charge on any atom is 0.414 e. The Morgan fingerprint density at radius 2 is 1.22 bits per heavy atom. The number of ketones is 1. The highest BCUT2D eigenvalue weighted by molar-refractivity contribution is 5.98. The molecule has 0 aromatic heterocycles. The number of amides is 5. The van der Waals surface area contributed by atoms with Gasteiger partial charge in [-0.25, -0.2) is 18.4 Å². The molecule has 4 aliphatic heterocycles. The fourth-order valence-corrected chi connectivity index (χ4v) is 7.54. The lowest BCUT2D eigenvalue weighted by atomic mass is 9.75. The van der Waals surface area contributed by atoms with Crippen molar-refractivity contribution in [2.24, 2.45) is 0 Å². The molecule has 0 radical (unpaired) electrons. The molecule has 0 spiro atoms. The van der Waals surface area contributed by atoms with Crippen molar-refractivity contribution < 1.29 is 47.0 Å². The molecule has 5 N–H and O–H groups in total. The number of hydrogen-bond donors (Lipinski definition) is 4. The lowest BCUT2D eigenvalue weighted by Crippen LogP contribution is -2.59. The van der Waals surface area contributed by atoms with Gasteiger partial charge in [-0.05, 0) is 59.7 Å². The molecule has 59 heavy (non-hydrogen) atoms. The summed E-state index contributed by atoms with van der Waals surface area (Å²) in [5.41, 5.74) is 7.89. The molecule has 0 bridgehead atoms. The number of carbonyl (C=O) groups is 6. The highest BCUT2D eigenvalue weighted by atomic mass is 19.1. The lowest BCUT2D eigenvalue weighted by Gasteiger charge is -2.48. The SMILES string of the molecule is CC(=O)NC[C@H]1CN(c2ccc(C3(C)CN(C(=O)CCC(=O)c4ccc(N)cc4)C3)c(F)c2)C(=O)O1.CC(=O)NC[C@H]1CN(c2ccc(C3(C)CNC3)c(F)c2)C(=O)O1. The fourth-order valence-electron chi connectivity index (χ4n) is 7.54. The van der Waals surface area contributed by atoms with Crippen LogP contribution in [0.5, 0.6) is 0 Å². The second-order valence-electron chi connectivity index (χ2n) is 16.0. The summed E-state index contributed by atoms with van der Waals surface area (Å²) >= 11 is 0. The molecule has 3 aromatic carbocycles. The van der Waals surface area contributed by atoms with E-state index in [1.54, 1.807) is 53.4 Å². The molecule has 15 nitrogen and oxygen atoms in total. The minimum absolute atomic E-state index is 0.0808. The third-order valence-corrected chi connectivity index (χ3v) is 11.0. The number of nitrogens with two attached hydrogens (primary N) is 1. The summed E-state index contributed by atoms with van der Waals surface area (Å²) < 4.78 is 40.0. The fraction of sp³-hybridized carbons (Fsp3) is 0.429. The van der Waals surface area contributed by atoms with Crippen LogP contribution in [0.1, 0.15) is 62.0 Å². The van der Waals surface area contributed by atoms with Crippen LogP contribution in [0.3, 0.4) is 0 Å². The zero-order valence-electron chi connectivity index (χ0n) is 33.4. The number of likely N-dealkylation sites (tertiary alicyclic amines) is 1. The number of benzene rings is 3. The number of carbonyl (C=O) groups excluding carboxylic acids is 6. The van der Waals surface area contributed by atoms with E-state index in [0.717, 1.165) is 13.1 Å². The van der Waals surface area contributed by atoms with Gasteiger partial charge < -0.3 is 36.1 Å². The van der Waals surface area contributed by atoms with Gasteiger partial charge in [0, 0.05) is 74.9 Å². The zero-order chi connectivity index (χ0) is 42.6. The number of Topliss-reactive ketones (excluding diaryl/α,β-unsaturated/α-hetero) is 1. The van der Waals surface area contributed by atoms with Gasteiger partial charge >= 0.3 is 12.2 Å². The van der Waals surface area contributed by atoms with Crippen LogP contribution in [-0.4, -0.2) is 105 Å². The van der Waals surface area contributed by atoms with Crippen LogP contribution in [0, 0.1) is 11.6 Å². The molecular formula is C42H49F2N7O8. The van der Waals surface area contributed by atoms with E-state index in [-0.39, 0.29) is 73.8 Å². The number of nitrogen functional groups attached to an aromatic ring is 1. The van der Waals surface area contributed by atoms with Crippen LogP contribution < -0.4 is 31.5 Å². The average Bonchev–Trinajstić information content (AvgIpc) is 3.74. The monoisotopic (exact) mass is 817 g/mol. The van der Waals surface area contributed by atoms with E-state index in [1.165, 1.54) is 35.8 Å². The molecule has 0 unspecified atom stereocenters. The summed E-state index contributed by atoms with van der Waals surface area (Å²) in [7, 11) is 0. The molecule has 0 aliphatic carbocycles. The van der Waals surface area contributed by atoms with Crippen molar-refractivity contribution in [1.82, 2.24) is 20.9 Å². The van der Waals surface area contributed by atoms with Gasteiger partial charge in [0.25, 0.3) is 0 Å². The number of hydrogen-bond acceptors (Lipinski definition) is 10. The van der Waals surface area contributed by atoms with E-state index in [4.69, 9.17) is 15.2 Å². The van der Waals surface area contributed by atoms with E-state index < -0.39 is 35.6 Å². The molecule has 4 fully saturated rings. The first-order chi connectivity index (χ1) is 27.9. The smallest absolute Gasteiger partial charge is 0.414 e. The van der Waals surface area contributed by atoms with Crippen molar-refractivity contribution in [3.63, 3.8) is 0 Å². The predicted octanol–water partition coefficient (Wildman–Crippen LogP) is 3.78. The van der Waals surface area contributed by atoms with Crippen molar-refractivity contribution in [2.45, 2.75) is 63.6 Å². The van der Waals surface area contributed by atoms with Gasteiger partial charge in [0.1, 0.15) is 23.8 Å². The third kappa shape index (κ3) is 9.79. The standard InChI is InChI=1S/C26H29FN4O5.C16H20FN3O3/c1-16(32)29-12-20-13-31(25(35)36-20)19-7-8-21(22(27)11-19)26(2)14-30(15-26)24(34)10-9-23(33)17-3-5-18(28)6-4-17;1-10(21)19-6-12-7-20(15(22)23-12)11-3-4-13(14(17)5-11)16(2)8-18-9-16/h3-8,11,20H,9-10,12-15,28H2,1-2H3,(H,29,32);3-5,12,18H,6-9H2,1-2H3,(H,19,21)/t20-;12-/m00/s1. The van der Waals surface area contributed by atoms with E-state index in [0.29, 0.717) is 46.8 Å². The number of nitrogens with one attached hydrogen (secondary N) is 3. The second-order valence-corrected chi connectivity index (χ2v) is 16.0. The molecule has 7 rings (SSSR count). The molecule has 3 aromatic rings. The summed E-state index contributed by atoms with van der Waals surface area (Å²) in [6, 6.07) is 16.0. The average molecular weight is 818 g/mol. The number of nitrogens with zero attached hydrogens (tertiary/aromatic N) is 3. The summed E-state index contributed by atoms with van der Waals surface area (Å²) in [5, 5.41) is 8.36. The first-order valence-electron chi connectivity index (χ1n) is 19.4. The molecule has 2 atom stereocenters. The highest BCUT2D eigenvalue weighted by Gasteiger charge is 2.44. The molecule has 17 heteroatoms. The topological polar surface area (TPSA) is 193 Å². The van der Waals surface area contributed by atoms with Gasteiger partial charge in [-0.3, -0.25) is 29.0 Å².